The SMILES string of the molecule is Cn1cc(C(O)Cc2ccc(F)c(F)c2)c(C(C)(C)C)n1. The fourth-order valence-corrected chi connectivity index (χ4v) is 2.33. The van der Waals surface area contributed by atoms with E-state index in [1.165, 1.54) is 6.07 Å². The molecule has 2 rings (SSSR count). The maximum Gasteiger partial charge on any atom is 0.159 e. The average Bonchev–Trinajstić information content (AvgIpc) is 2.76. The van der Waals surface area contributed by atoms with Crippen LogP contribution in [0, 0.1) is 11.6 Å². The van der Waals surface area contributed by atoms with E-state index in [1.807, 2.05) is 20.8 Å². The lowest BCUT2D eigenvalue weighted by Gasteiger charge is -2.20. The summed E-state index contributed by atoms with van der Waals surface area (Å²) in [6, 6.07) is 3.67. The van der Waals surface area contributed by atoms with Crippen molar-refractivity contribution in [1.82, 2.24) is 9.78 Å². The molecule has 0 aliphatic rings. The molecule has 1 aromatic carbocycles. The van der Waals surface area contributed by atoms with Crippen LogP contribution >= 0.6 is 0 Å². The van der Waals surface area contributed by atoms with Gasteiger partial charge in [-0.15, -0.1) is 0 Å². The van der Waals surface area contributed by atoms with Crippen LogP contribution in [0.2, 0.25) is 0 Å². The monoisotopic (exact) mass is 294 g/mol. The van der Waals surface area contributed by atoms with Crippen LogP contribution in [0.3, 0.4) is 0 Å². The van der Waals surface area contributed by atoms with Gasteiger partial charge in [0.1, 0.15) is 0 Å². The molecule has 5 heteroatoms. The Morgan fingerprint density at radius 2 is 1.90 bits per heavy atom. The molecule has 1 aromatic heterocycles. The topological polar surface area (TPSA) is 38.0 Å². The van der Waals surface area contributed by atoms with Gasteiger partial charge in [0.2, 0.25) is 0 Å². The molecule has 1 atom stereocenters. The second-order valence-corrected chi connectivity index (χ2v) is 6.33. The summed E-state index contributed by atoms with van der Waals surface area (Å²) in [4.78, 5) is 0. The lowest BCUT2D eigenvalue weighted by Crippen LogP contribution is -2.17. The Kier molecular flexibility index (Phi) is 4.14. The zero-order valence-electron chi connectivity index (χ0n) is 12.7. The smallest absolute Gasteiger partial charge is 0.159 e. The van der Waals surface area contributed by atoms with Crippen molar-refractivity contribution in [3.63, 3.8) is 0 Å². The molecule has 1 N–H and O–H groups in total. The van der Waals surface area contributed by atoms with Gasteiger partial charge in [-0.25, -0.2) is 8.78 Å². The normalized spacial score (nSPS) is 13.5. The maximum absolute atomic E-state index is 13.2. The predicted octanol–water partition coefficient (Wildman–Crippen LogP) is 3.27. The van der Waals surface area contributed by atoms with Crippen LogP contribution in [0.15, 0.2) is 24.4 Å². The van der Waals surface area contributed by atoms with E-state index in [9.17, 15) is 13.9 Å². The van der Waals surface area contributed by atoms with Crippen LogP contribution in [-0.2, 0) is 18.9 Å². The van der Waals surface area contributed by atoms with Crippen LogP contribution < -0.4 is 0 Å². The van der Waals surface area contributed by atoms with Crippen molar-refractivity contribution >= 4 is 0 Å². The van der Waals surface area contributed by atoms with Gasteiger partial charge >= 0.3 is 0 Å². The Morgan fingerprint density at radius 3 is 2.48 bits per heavy atom. The van der Waals surface area contributed by atoms with Crippen molar-refractivity contribution in [2.24, 2.45) is 7.05 Å². The molecule has 1 unspecified atom stereocenters. The first-order valence-corrected chi connectivity index (χ1v) is 6.84. The van der Waals surface area contributed by atoms with Crippen LogP contribution in [0.5, 0.6) is 0 Å². The Hall–Kier alpha value is -1.75. The van der Waals surface area contributed by atoms with Gasteiger partial charge in [-0.05, 0) is 17.7 Å². The fraction of sp³-hybridized carbons (Fsp3) is 0.438. The second-order valence-electron chi connectivity index (χ2n) is 6.33. The second kappa shape index (κ2) is 5.56. The molecule has 0 radical (unpaired) electrons. The third-order valence-corrected chi connectivity index (χ3v) is 3.34. The Balaban J connectivity index is 2.28. The van der Waals surface area contributed by atoms with E-state index in [-0.39, 0.29) is 11.8 Å². The summed E-state index contributed by atoms with van der Waals surface area (Å²) in [6.07, 6.45) is 1.18. The molecule has 0 aliphatic heterocycles. The van der Waals surface area contributed by atoms with E-state index >= 15 is 0 Å². The summed E-state index contributed by atoms with van der Waals surface area (Å²) in [5, 5.41) is 14.8. The molecular weight excluding hydrogens is 274 g/mol. The minimum atomic E-state index is -0.901. The number of aliphatic hydroxyl groups excluding tert-OH is 1. The van der Waals surface area contributed by atoms with E-state index in [4.69, 9.17) is 0 Å². The minimum absolute atomic E-state index is 0.203. The number of aromatic nitrogens is 2. The van der Waals surface area contributed by atoms with Gasteiger partial charge in [-0.1, -0.05) is 26.8 Å². The van der Waals surface area contributed by atoms with Crippen LogP contribution in [-0.4, -0.2) is 14.9 Å². The number of rotatable bonds is 3. The first kappa shape index (κ1) is 15.6. The molecule has 1 heterocycles. The number of nitrogens with zero attached hydrogens (tertiary/aromatic N) is 2. The van der Waals surface area contributed by atoms with Gasteiger partial charge in [0.15, 0.2) is 11.6 Å². The lowest BCUT2D eigenvalue weighted by molar-refractivity contribution is 0.175. The highest BCUT2D eigenvalue weighted by Crippen LogP contribution is 2.30. The molecule has 3 nitrogen and oxygen atoms in total. The fourth-order valence-electron chi connectivity index (χ4n) is 2.33. The van der Waals surface area contributed by atoms with Gasteiger partial charge in [0.05, 0.1) is 11.8 Å². The molecule has 0 saturated heterocycles. The Labute approximate surface area is 123 Å². The number of aliphatic hydroxyl groups is 1. The number of halogens is 2. The van der Waals surface area contributed by atoms with Crippen molar-refractivity contribution < 1.29 is 13.9 Å². The Bertz CT molecular complexity index is 644. The number of benzene rings is 1. The summed E-state index contributed by atoms with van der Waals surface area (Å²) in [5.74, 6) is -1.79. The van der Waals surface area contributed by atoms with Gasteiger partial charge in [-0.3, -0.25) is 4.68 Å². The van der Waals surface area contributed by atoms with Crippen molar-refractivity contribution in [3.8, 4) is 0 Å². The molecule has 0 bridgehead atoms. The maximum atomic E-state index is 13.2. The standard InChI is InChI=1S/C16H20F2N2O/c1-16(2,3)15-11(9-20(4)19-15)14(21)8-10-5-6-12(17)13(18)7-10/h5-7,9,14,21H,8H2,1-4H3. The Morgan fingerprint density at radius 1 is 1.24 bits per heavy atom. The van der Waals surface area contributed by atoms with Gasteiger partial charge in [0.25, 0.3) is 0 Å². The zero-order chi connectivity index (χ0) is 15.8. The van der Waals surface area contributed by atoms with Gasteiger partial charge in [0, 0.05) is 30.6 Å². The van der Waals surface area contributed by atoms with E-state index in [1.54, 1.807) is 17.9 Å². The lowest BCUT2D eigenvalue weighted by atomic mass is 9.87. The van der Waals surface area contributed by atoms with Crippen LogP contribution in [0.25, 0.3) is 0 Å². The summed E-state index contributed by atoms with van der Waals surface area (Å²) < 4.78 is 27.8. The molecule has 2 aromatic rings. The summed E-state index contributed by atoms with van der Waals surface area (Å²) in [7, 11) is 1.79. The summed E-state index contributed by atoms with van der Waals surface area (Å²) in [6.45, 7) is 6.05. The summed E-state index contributed by atoms with van der Waals surface area (Å²) >= 11 is 0. The minimum Gasteiger partial charge on any atom is -0.388 e. The van der Waals surface area contributed by atoms with Crippen molar-refractivity contribution in [2.45, 2.75) is 38.7 Å². The molecule has 0 spiro atoms. The zero-order valence-corrected chi connectivity index (χ0v) is 12.7. The number of hydrogen-bond donors (Lipinski definition) is 1. The van der Waals surface area contributed by atoms with Gasteiger partial charge in [-0.2, -0.15) is 5.10 Å². The average molecular weight is 294 g/mol. The number of hydrogen-bond acceptors (Lipinski definition) is 2. The van der Waals surface area contributed by atoms with E-state index in [2.05, 4.69) is 5.10 Å². The highest BCUT2D eigenvalue weighted by molar-refractivity contribution is 5.28. The molecule has 0 amide bonds. The largest absolute Gasteiger partial charge is 0.388 e. The molecule has 0 fully saturated rings. The molecular formula is C16H20F2N2O. The third kappa shape index (κ3) is 3.47. The third-order valence-electron chi connectivity index (χ3n) is 3.34. The predicted molar refractivity (Wildman–Crippen MR) is 76.9 cm³/mol. The van der Waals surface area contributed by atoms with Crippen molar-refractivity contribution in [3.05, 3.63) is 52.9 Å². The van der Waals surface area contributed by atoms with Gasteiger partial charge < -0.3 is 5.11 Å². The highest BCUT2D eigenvalue weighted by Gasteiger charge is 2.25. The first-order valence-electron chi connectivity index (χ1n) is 6.84. The first-order chi connectivity index (χ1) is 9.68. The van der Waals surface area contributed by atoms with Crippen molar-refractivity contribution in [1.29, 1.82) is 0 Å². The molecule has 21 heavy (non-hydrogen) atoms. The van der Waals surface area contributed by atoms with E-state index < -0.39 is 17.7 Å². The van der Waals surface area contributed by atoms with Crippen LogP contribution in [0.1, 0.15) is 43.7 Å². The highest BCUT2D eigenvalue weighted by atomic mass is 19.2. The van der Waals surface area contributed by atoms with Crippen LogP contribution in [0.4, 0.5) is 8.78 Å². The van der Waals surface area contributed by atoms with Crippen molar-refractivity contribution in [2.75, 3.05) is 0 Å². The molecule has 0 saturated carbocycles. The quantitative estimate of drug-likeness (QED) is 0.943. The van der Waals surface area contributed by atoms with E-state index in [0.717, 1.165) is 23.4 Å². The van der Waals surface area contributed by atoms with E-state index in [0.29, 0.717) is 5.56 Å². The molecule has 0 aliphatic carbocycles. The summed E-state index contributed by atoms with van der Waals surface area (Å²) in [5.41, 5.74) is 1.87. The number of aryl methyl sites for hydroxylation is 1. The molecule has 114 valence electrons.